The van der Waals surface area contributed by atoms with Crippen molar-refractivity contribution in [3.63, 3.8) is 0 Å². The summed E-state index contributed by atoms with van der Waals surface area (Å²) < 4.78 is 19.4. The molecule has 3 rings (SSSR count). The summed E-state index contributed by atoms with van der Waals surface area (Å²) >= 11 is 0. The summed E-state index contributed by atoms with van der Waals surface area (Å²) in [5, 5.41) is 5.45. The molecular formula is C24H32FN4O4+. The minimum Gasteiger partial charge on any atom is -0.444 e. The minimum absolute atomic E-state index is 0.0316. The summed E-state index contributed by atoms with van der Waals surface area (Å²) in [6.07, 6.45) is -1.08. The number of hydrogen-bond acceptors (Lipinski definition) is 4. The van der Waals surface area contributed by atoms with E-state index < -0.39 is 41.0 Å². The van der Waals surface area contributed by atoms with E-state index in [-0.39, 0.29) is 24.3 Å². The number of amides is 3. The first-order valence-corrected chi connectivity index (χ1v) is 11.0. The molecule has 1 saturated heterocycles. The summed E-state index contributed by atoms with van der Waals surface area (Å²) in [7, 11) is 0. The van der Waals surface area contributed by atoms with E-state index in [1.54, 1.807) is 20.8 Å². The van der Waals surface area contributed by atoms with Crippen molar-refractivity contribution < 1.29 is 23.5 Å². The van der Waals surface area contributed by atoms with Crippen molar-refractivity contribution >= 4 is 23.6 Å². The van der Waals surface area contributed by atoms with E-state index in [0.717, 1.165) is 0 Å². The zero-order chi connectivity index (χ0) is 24.8. The van der Waals surface area contributed by atoms with Gasteiger partial charge in [0.2, 0.25) is 5.91 Å². The smallest absolute Gasteiger partial charge is 0.408 e. The molecule has 2 N–H and O–H groups in total. The predicted octanol–water partition coefficient (Wildman–Crippen LogP) is 3.87. The van der Waals surface area contributed by atoms with Crippen molar-refractivity contribution in [3.8, 4) is 6.57 Å². The molecule has 8 nitrogen and oxygen atoms in total. The fraction of sp³-hybridized carbons (Fsp3) is 0.583. The number of halogens is 1. The lowest BCUT2D eigenvalue weighted by Gasteiger charge is -2.30. The van der Waals surface area contributed by atoms with Gasteiger partial charge in [0.05, 0.1) is 6.42 Å². The SMILES string of the molecule is C#[N+][C@@H]1C[C@@]2(CN1C(=O)[C@H](CC(C)(C)C)NC(=O)OC(C)(C)C)C(=O)Nc1ccc(F)cc12. The van der Waals surface area contributed by atoms with Crippen LogP contribution in [0.1, 0.15) is 59.9 Å². The third-order valence-electron chi connectivity index (χ3n) is 5.77. The van der Waals surface area contributed by atoms with Gasteiger partial charge in [0.25, 0.3) is 12.5 Å². The zero-order valence-corrected chi connectivity index (χ0v) is 20.0. The van der Waals surface area contributed by atoms with E-state index in [4.69, 9.17) is 11.3 Å². The third-order valence-corrected chi connectivity index (χ3v) is 5.77. The first-order chi connectivity index (χ1) is 15.1. The molecule has 0 radical (unpaired) electrons. The summed E-state index contributed by atoms with van der Waals surface area (Å²) in [5.74, 6) is -1.24. The van der Waals surface area contributed by atoms with E-state index in [1.165, 1.54) is 23.1 Å². The van der Waals surface area contributed by atoms with Gasteiger partial charge >= 0.3 is 12.3 Å². The molecule has 1 spiro atoms. The maximum absolute atomic E-state index is 14.0. The summed E-state index contributed by atoms with van der Waals surface area (Å²) in [6.45, 7) is 16.6. The second kappa shape index (κ2) is 8.32. The molecule has 178 valence electrons. The van der Waals surface area contributed by atoms with Gasteiger partial charge in [-0.15, -0.1) is 0 Å². The first kappa shape index (κ1) is 24.5. The number of ether oxygens (including phenoxy) is 1. The Morgan fingerprint density at radius 2 is 2.00 bits per heavy atom. The second-order valence-electron chi connectivity index (χ2n) is 11.0. The molecule has 0 unspecified atom stereocenters. The molecule has 1 aromatic rings. The number of likely N-dealkylation sites (tertiary alicyclic amines) is 1. The van der Waals surface area contributed by atoms with Gasteiger partial charge in [0.15, 0.2) is 0 Å². The van der Waals surface area contributed by atoms with Crippen molar-refractivity contribution in [2.24, 2.45) is 5.41 Å². The number of nitrogens with zero attached hydrogens (tertiary/aromatic N) is 2. The van der Waals surface area contributed by atoms with Gasteiger partial charge in [-0.3, -0.25) is 14.5 Å². The van der Waals surface area contributed by atoms with Gasteiger partial charge < -0.3 is 15.4 Å². The highest BCUT2D eigenvalue weighted by Crippen LogP contribution is 2.47. The molecule has 2 aliphatic rings. The Hall–Kier alpha value is -3.15. The van der Waals surface area contributed by atoms with Crippen LogP contribution < -0.4 is 10.6 Å². The zero-order valence-electron chi connectivity index (χ0n) is 20.0. The van der Waals surface area contributed by atoms with E-state index in [1.807, 2.05) is 20.8 Å². The standard InChI is InChI=1S/C24H31FN4O4/c1-22(2,3)11-17(28-21(32)33-23(4,5)6)19(30)29-13-24(12-18(29)26-7)15-10-14(25)8-9-16(15)27-20(24)31/h7-10,17-18H,11-13H2,1-6H3,(H-,27,28,31,32)/p+1/t17-,18-,24-/m0/s1. The molecule has 2 aliphatic heterocycles. The fourth-order valence-corrected chi connectivity index (χ4v) is 4.45. The highest BCUT2D eigenvalue weighted by molar-refractivity contribution is 6.07. The fourth-order valence-electron chi connectivity index (χ4n) is 4.45. The van der Waals surface area contributed by atoms with E-state index in [0.29, 0.717) is 17.7 Å². The summed E-state index contributed by atoms with van der Waals surface area (Å²) in [5.41, 5.74) is -1.22. The molecule has 0 aromatic heterocycles. The van der Waals surface area contributed by atoms with Crippen molar-refractivity contribution in [1.82, 2.24) is 10.2 Å². The van der Waals surface area contributed by atoms with Crippen LogP contribution in [0.15, 0.2) is 18.2 Å². The van der Waals surface area contributed by atoms with E-state index in [2.05, 4.69) is 15.5 Å². The van der Waals surface area contributed by atoms with Gasteiger partial charge in [0.1, 0.15) is 22.9 Å². The highest BCUT2D eigenvalue weighted by Gasteiger charge is 2.60. The van der Waals surface area contributed by atoms with Crippen molar-refractivity contribution in [2.45, 2.75) is 77.6 Å². The number of nitrogens with one attached hydrogen (secondary N) is 2. The molecule has 1 aromatic carbocycles. The van der Waals surface area contributed by atoms with Crippen molar-refractivity contribution in [2.75, 3.05) is 11.9 Å². The van der Waals surface area contributed by atoms with Crippen LogP contribution in [0.2, 0.25) is 0 Å². The van der Waals surface area contributed by atoms with Crippen LogP contribution in [0.3, 0.4) is 0 Å². The Balaban J connectivity index is 1.92. The molecule has 0 bridgehead atoms. The van der Waals surface area contributed by atoms with Crippen LogP contribution in [0.4, 0.5) is 14.9 Å². The van der Waals surface area contributed by atoms with E-state index >= 15 is 0 Å². The quantitative estimate of drug-likeness (QED) is 0.718. The number of benzene rings is 1. The lowest BCUT2D eigenvalue weighted by molar-refractivity contribution is -0.134. The van der Waals surface area contributed by atoms with Crippen LogP contribution in [0.5, 0.6) is 0 Å². The molecular weight excluding hydrogens is 427 g/mol. The monoisotopic (exact) mass is 459 g/mol. The van der Waals surface area contributed by atoms with Crippen LogP contribution in [0, 0.1) is 17.8 Å². The van der Waals surface area contributed by atoms with Crippen molar-refractivity contribution in [1.29, 1.82) is 0 Å². The number of carbonyl (C=O) groups excluding carboxylic acids is 3. The molecule has 0 aliphatic carbocycles. The molecule has 2 heterocycles. The Labute approximate surface area is 193 Å². The van der Waals surface area contributed by atoms with Gasteiger partial charge in [-0.25, -0.2) is 9.18 Å². The van der Waals surface area contributed by atoms with Crippen LogP contribution in [-0.2, 0) is 19.7 Å². The Morgan fingerprint density at radius 3 is 2.58 bits per heavy atom. The number of anilines is 1. The summed E-state index contributed by atoms with van der Waals surface area (Å²) in [6, 6.07) is 3.16. The Bertz CT molecular complexity index is 1020. The van der Waals surface area contributed by atoms with Gasteiger partial charge in [-0.2, -0.15) is 0 Å². The van der Waals surface area contributed by atoms with Crippen LogP contribution in [-0.4, -0.2) is 47.2 Å². The minimum atomic E-state index is -1.17. The summed E-state index contributed by atoms with van der Waals surface area (Å²) in [4.78, 5) is 44.3. The molecule has 3 amide bonds. The van der Waals surface area contributed by atoms with Crippen LogP contribution in [0.25, 0.3) is 4.85 Å². The number of fused-ring (bicyclic) bond motifs is 2. The third kappa shape index (κ3) is 5.10. The number of alkyl carbamates (subject to hydrolysis) is 1. The maximum Gasteiger partial charge on any atom is 0.408 e. The lowest BCUT2D eigenvalue weighted by Crippen LogP contribution is -2.52. The predicted molar refractivity (Wildman–Crippen MR) is 122 cm³/mol. The number of hydrogen-bond donors (Lipinski definition) is 2. The van der Waals surface area contributed by atoms with Crippen molar-refractivity contribution in [3.05, 3.63) is 34.4 Å². The average Bonchev–Trinajstić information content (AvgIpc) is 3.17. The van der Waals surface area contributed by atoms with Gasteiger partial charge in [0, 0.05) is 12.2 Å². The molecule has 33 heavy (non-hydrogen) atoms. The number of rotatable bonds is 3. The lowest BCUT2D eigenvalue weighted by atomic mass is 9.80. The van der Waals surface area contributed by atoms with Crippen LogP contribution >= 0.6 is 0 Å². The topological polar surface area (TPSA) is 92.1 Å². The highest BCUT2D eigenvalue weighted by atomic mass is 19.1. The van der Waals surface area contributed by atoms with E-state index in [9.17, 15) is 18.8 Å². The molecule has 3 atom stereocenters. The average molecular weight is 460 g/mol. The maximum atomic E-state index is 14.0. The normalized spacial score (nSPS) is 23.0. The largest absolute Gasteiger partial charge is 0.444 e. The second-order valence-corrected chi connectivity index (χ2v) is 11.0. The molecule has 0 saturated carbocycles. The number of carbonyl (C=O) groups is 3. The molecule has 1 fully saturated rings. The van der Waals surface area contributed by atoms with Gasteiger partial charge in [-0.1, -0.05) is 25.6 Å². The van der Waals surface area contributed by atoms with Gasteiger partial charge in [-0.05, 0) is 56.4 Å². The molecule has 9 heteroatoms. The Morgan fingerprint density at radius 1 is 1.33 bits per heavy atom. The Kier molecular flexibility index (Phi) is 6.18. The first-order valence-electron chi connectivity index (χ1n) is 11.0.